The van der Waals surface area contributed by atoms with E-state index in [-0.39, 0.29) is 6.04 Å². The topological polar surface area (TPSA) is 46.2 Å². The number of phenolic OH excluding ortho intramolecular Hbond substituents is 1. The minimum Gasteiger partial charge on any atom is -0.508 e. The maximum atomic E-state index is 9.77. The lowest BCUT2D eigenvalue weighted by Gasteiger charge is -2.10. The van der Waals surface area contributed by atoms with Gasteiger partial charge in [0.15, 0.2) is 0 Å². The number of benzene rings is 1. The third kappa shape index (κ3) is 1.75. The van der Waals surface area contributed by atoms with Gasteiger partial charge in [0.2, 0.25) is 0 Å². The van der Waals surface area contributed by atoms with Crippen molar-refractivity contribution >= 4 is 0 Å². The number of aryl methyl sites for hydroxylation is 2. The molecular formula is C12H17NO. The van der Waals surface area contributed by atoms with Crippen LogP contribution in [0.3, 0.4) is 0 Å². The molecule has 0 saturated carbocycles. The standard InChI is InChI=1S/C12H17NO/c1-8(13)5-11-6-9-3-2-4-10(9)7-12(11)14/h6-8,14H,2-5,13H2,1H3. The predicted octanol–water partition coefficient (Wildman–Crippen LogP) is 1.77. The van der Waals surface area contributed by atoms with E-state index in [2.05, 4.69) is 6.07 Å². The second-order valence-electron chi connectivity index (χ2n) is 4.28. The molecule has 1 aliphatic carbocycles. The number of phenols is 1. The van der Waals surface area contributed by atoms with Gasteiger partial charge < -0.3 is 10.8 Å². The molecule has 14 heavy (non-hydrogen) atoms. The fraction of sp³-hybridized carbons (Fsp3) is 0.500. The Morgan fingerprint density at radius 1 is 1.36 bits per heavy atom. The van der Waals surface area contributed by atoms with Crippen LogP contribution < -0.4 is 5.73 Å². The van der Waals surface area contributed by atoms with Crippen molar-refractivity contribution in [2.75, 3.05) is 0 Å². The number of rotatable bonds is 2. The predicted molar refractivity (Wildman–Crippen MR) is 57.5 cm³/mol. The molecule has 0 radical (unpaired) electrons. The largest absolute Gasteiger partial charge is 0.508 e. The Bertz CT molecular complexity index is 344. The first-order chi connectivity index (χ1) is 6.66. The van der Waals surface area contributed by atoms with Crippen LogP contribution in [0.1, 0.15) is 30.0 Å². The summed E-state index contributed by atoms with van der Waals surface area (Å²) in [4.78, 5) is 0. The van der Waals surface area contributed by atoms with E-state index >= 15 is 0 Å². The Hall–Kier alpha value is -1.02. The van der Waals surface area contributed by atoms with Crippen LogP contribution in [0.15, 0.2) is 12.1 Å². The Kier molecular flexibility index (Phi) is 2.46. The maximum Gasteiger partial charge on any atom is 0.119 e. The quantitative estimate of drug-likeness (QED) is 0.748. The monoisotopic (exact) mass is 191 g/mol. The molecule has 2 nitrogen and oxygen atoms in total. The molecule has 0 spiro atoms. The zero-order valence-electron chi connectivity index (χ0n) is 8.59. The van der Waals surface area contributed by atoms with E-state index < -0.39 is 0 Å². The molecule has 0 heterocycles. The lowest BCUT2D eigenvalue weighted by molar-refractivity contribution is 0.465. The third-order valence-electron chi connectivity index (χ3n) is 2.83. The van der Waals surface area contributed by atoms with Crippen LogP contribution in [0.4, 0.5) is 0 Å². The van der Waals surface area contributed by atoms with E-state index in [4.69, 9.17) is 5.73 Å². The highest BCUT2D eigenvalue weighted by Crippen LogP contribution is 2.29. The van der Waals surface area contributed by atoms with Crippen molar-refractivity contribution in [1.82, 2.24) is 0 Å². The number of aromatic hydroxyl groups is 1. The molecule has 1 aromatic rings. The van der Waals surface area contributed by atoms with Crippen LogP contribution in [0.2, 0.25) is 0 Å². The second kappa shape index (κ2) is 3.62. The van der Waals surface area contributed by atoms with Gasteiger partial charge in [0.1, 0.15) is 5.75 Å². The summed E-state index contributed by atoms with van der Waals surface area (Å²) in [7, 11) is 0. The van der Waals surface area contributed by atoms with Crippen LogP contribution in [0.5, 0.6) is 5.75 Å². The van der Waals surface area contributed by atoms with Crippen LogP contribution >= 0.6 is 0 Å². The van der Waals surface area contributed by atoms with Crippen molar-refractivity contribution in [3.05, 3.63) is 28.8 Å². The number of hydrogen-bond donors (Lipinski definition) is 2. The first-order valence-corrected chi connectivity index (χ1v) is 5.26. The normalized spacial score (nSPS) is 16.7. The summed E-state index contributed by atoms with van der Waals surface area (Å²) in [5.41, 5.74) is 9.45. The molecule has 0 saturated heterocycles. The Labute approximate surface area is 84.7 Å². The minimum absolute atomic E-state index is 0.111. The fourth-order valence-corrected chi connectivity index (χ4v) is 2.17. The van der Waals surface area contributed by atoms with E-state index in [0.717, 1.165) is 24.8 Å². The smallest absolute Gasteiger partial charge is 0.119 e. The van der Waals surface area contributed by atoms with Crippen molar-refractivity contribution in [2.24, 2.45) is 5.73 Å². The highest BCUT2D eigenvalue weighted by Gasteiger charge is 2.14. The Morgan fingerprint density at radius 3 is 2.64 bits per heavy atom. The maximum absolute atomic E-state index is 9.77. The highest BCUT2D eigenvalue weighted by atomic mass is 16.3. The van der Waals surface area contributed by atoms with Crippen LogP contribution in [-0.4, -0.2) is 11.1 Å². The molecule has 76 valence electrons. The summed E-state index contributed by atoms with van der Waals surface area (Å²) in [6.45, 7) is 1.96. The summed E-state index contributed by atoms with van der Waals surface area (Å²) < 4.78 is 0. The Balaban J connectivity index is 2.32. The van der Waals surface area contributed by atoms with Crippen molar-refractivity contribution in [3.8, 4) is 5.75 Å². The molecule has 2 rings (SSSR count). The highest BCUT2D eigenvalue weighted by molar-refractivity contribution is 5.44. The molecule has 3 N–H and O–H groups in total. The van der Waals surface area contributed by atoms with Gasteiger partial charge in [-0.15, -0.1) is 0 Å². The zero-order chi connectivity index (χ0) is 10.1. The zero-order valence-corrected chi connectivity index (χ0v) is 8.59. The van der Waals surface area contributed by atoms with Gasteiger partial charge >= 0.3 is 0 Å². The van der Waals surface area contributed by atoms with Gasteiger partial charge in [-0.3, -0.25) is 0 Å². The lowest BCUT2D eigenvalue weighted by Crippen LogP contribution is -2.17. The summed E-state index contributed by atoms with van der Waals surface area (Å²) in [6.07, 6.45) is 4.25. The first kappa shape index (κ1) is 9.53. The first-order valence-electron chi connectivity index (χ1n) is 5.26. The van der Waals surface area contributed by atoms with Gasteiger partial charge in [0.05, 0.1) is 0 Å². The van der Waals surface area contributed by atoms with Crippen LogP contribution in [0, 0.1) is 0 Å². The van der Waals surface area contributed by atoms with Gasteiger partial charge in [-0.1, -0.05) is 6.07 Å². The average Bonchev–Trinajstić information content (AvgIpc) is 2.51. The minimum atomic E-state index is 0.111. The number of nitrogens with two attached hydrogens (primary N) is 1. The van der Waals surface area contributed by atoms with Crippen LogP contribution in [0.25, 0.3) is 0 Å². The lowest BCUT2D eigenvalue weighted by atomic mass is 10.0. The van der Waals surface area contributed by atoms with E-state index in [9.17, 15) is 5.11 Å². The van der Waals surface area contributed by atoms with Gasteiger partial charge in [-0.05, 0) is 55.4 Å². The van der Waals surface area contributed by atoms with E-state index in [1.807, 2.05) is 13.0 Å². The van der Waals surface area contributed by atoms with E-state index in [1.165, 1.54) is 17.5 Å². The summed E-state index contributed by atoms with van der Waals surface area (Å²) >= 11 is 0. The fourth-order valence-electron chi connectivity index (χ4n) is 2.17. The number of fused-ring (bicyclic) bond motifs is 1. The number of hydrogen-bond acceptors (Lipinski definition) is 2. The van der Waals surface area contributed by atoms with E-state index in [0.29, 0.717) is 5.75 Å². The molecule has 0 aliphatic heterocycles. The summed E-state index contributed by atoms with van der Waals surface area (Å²) in [5.74, 6) is 0.419. The van der Waals surface area contributed by atoms with Crippen LogP contribution in [-0.2, 0) is 19.3 Å². The third-order valence-corrected chi connectivity index (χ3v) is 2.83. The average molecular weight is 191 g/mol. The van der Waals surface area contributed by atoms with Gasteiger partial charge in [-0.2, -0.15) is 0 Å². The summed E-state index contributed by atoms with van der Waals surface area (Å²) in [6, 6.07) is 4.15. The molecule has 1 atom stereocenters. The Morgan fingerprint density at radius 2 is 2.00 bits per heavy atom. The van der Waals surface area contributed by atoms with Crippen molar-refractivity contribution in [3.63, 3.8) is 0 Å². The van der Waals surface area contributed by atoms with Gasteiger partial charge in [0.25, 0.3) is 0 Å². The van der Waals surface area contributed by atoms with Gasteiger partial charge in [0, 0.05) is 6.04 Å². The molecule has 1 unspecified atom stereocenters. The van der Waals surface area contributed by atoms with E-state index in [1.54, 1.807) is 0 Å². The molecule has 0 bridgehead atoms. The molecular weight excluding hydrogens is 174 g/mol. The molecule has 0 fully saturated rings. The molecule has 1 aromatic carbocycles. The molecule has 2 heteroatoms. The van der Waals surface area contributed by atoms with Crippen molar-refractivity contribution in [1.29, 1.82) is 0 Å². The SMILES string of the molecule is CC(N)Cc1cc2c(cc1O)CCC2. The molecule has 0 aromatic heterocycles. The van der Waals surface area contributed by atoms with Crippen molar-refractivity contribution in [2.45, 2.75) is 38.6 Å². The second-order valence-corrected chi connectivity index (χ2v) is 4.28. The molecule has 0 amide bonds. The summed E-state index contributed by atoms with van der Waals surface area (Å²) in [5, 5.41) is 9.77. The van der Waals surface area contributed by atoms with Gasteiger partial charge in [-0.25, -0.2) is 0 Å². The van der Waals surface area contributed by atoms with Crippen molar-refractivity contribution < 1.29 is 5.11 Å². The molecule has 1 aliphatic rings.